The minimum absolute atomic E-state index is 0.0911. The maximum absolute atomic E-state index is 13.1. The number of benzene rings is 3. The Labute approximate surface area is 225 Å². The third-order valence-corrected chi connectivity index (χ3v) is 9.39. The quantitative estimate of drug-likeness (QED) is 0.316. The fourth-order valence-electron chi connectivity index (χ4n) is 4.90. The van der Waals surface area contributed by atoms with Crippen LogP contribution in [0.15, 0.2) is 82.2 Å². The minimum atomic E-state index is -3.57. The Morgan fingerprint density at radius 2 is 1.27 bits per heavy atom. The van der Waals surface area contributed by atoms with Crippen molar-refractivity contribution in [1.82, 2.24) is 4.31 Å². The number of anilines is 3. The summed E-state index contributed by atoms with van der Waals surface area (Å²) in [7, 11) is -3.57. The summed E-state index contributed by atoms with van der Waals surface area (Å²) < 4.78 is 28.4. The first-order chi connectivity index (χ1) is 17.8. The zero-order chi connectivity index (χ0) is 26.0. The van der Waals surface area contributed by atoms with Gasteiger partial charge in [0.2, 0.25) is 10.0 Å². The molecule has 2 fully saturated rings. The van der Waals surface area contributed by atoms with Gasteiger partial charge in [0.15, 0.2) is 0 Å². The molecule has 0 saturated carbocycles. The van der Waals surface area contributed by atoms with Gasteiger partial charge in [0.05, 0.1) is 9.82 Å². The van der Waals surface area contributed by atoms with Crippen LogP contribution in [-0.4, -0.2) is 70.0 Å². The molecule has 5 rings (SSSR count). The van der Waals surface area contributed by atoms with Gasteiger partial charge in [-0.3, -0.25) is 10.1 Å². The SMILES string of the molecule is O=[N+]([O-])c1ccc(N2CCN(S(=O)(=O)c3ccc(Br)cc3)CC2)cc1N1CCN(c2ccccc2)CC1. The van der Waals surface area contributed by atoms with Crippen molar-refractivity contribution in [3.05, 3.63) is 87.4 Å². The Balaban J connectivity index is 1.29. The van der Waals surface area contributed by atoms with Crippen LogP contribution in [0.25, 0.3) is 0 Å². The lowest BCUT2D eigenvalue weighted by Gasteiger charge is -2.38. The van der Waals surface area contributed by atoms with E-state index in [-0.39, 0.29) is 15.5 Å². The van der Waals surface area contributed by atoms with Gasteiger partial charge in [-0.05, 0) is 48.5 Å². The highest BCUT2D eigenvalue weighted by atomic mass is 79.9. The van der Waals surface area contributed by atoms with E-state index in [1.54, 1.807) is 36.4 Å². The monoisotopic (exact) mass is 585 g/mol. The van der Waals surface area contributed by atoms with Gasteiger partial charge in [-0.2, -0.15) is 4.31 Å². The fraction of sp³-hybridized carbons (Fsp3) is 0.308. The van der Waals surface area contributed by atoms with Crippen LogP contribution >= 0.6 is 15.9 Å². The molecule has 0 aliphatic carbocycles. The van der Waals surface area contributed by atoms with Crippen molar-refractivity contribution in [2.24, 2.45) is 0 Å². The molecule has 2 aliphatic rings. The molecule has 37 heavy (non-hydrogen) atoms. The Morgan fingerprint density at radius 3 is 1.89 bits per heavy atom. The first kappa shape index (κ1) is 25.5. The van der Waals surface area contributed by atoms with Crippen LogP contribution in [0, 0.1) is 10.1 Å². The lowest BCUT2D eigenvalue weighted by Crippen LogP contribution is -2.49. The van der Waals surface area contributed by atoms with Gasteiger partial charge in [0, 0.05) is 74.3 Å². The van der Waals surface area contributed by atoms with Crippen molar-refractivity contribution >= 4 is 48.7 Å². The van der Waals surface area contributed by atoms with Gasteiger partial charge in [-0.1, -0.05) is 34.1 Å². The Morgan fingerprint density at radius 1 is 0.703 bits per heavy atom. The number of rotatable bonds is 6. The standard InChI is InChI=1S/C26H28BrN5O4S/c27-21-6-9-24(10-7-21)37(35,36)31-18-16-29(17-19-31)23-8-11-25(32(33)34)26(20-23)30-14-12-28(13-15-30)22-4-2-1-3-5-22/h1-11,20H,12-19H2. The summed E-state index contributed by atoms with van der Waals surface area (Å²) in [6.07, 6.45) is 0. The zero-order valence-corrected chi connectivity index (χ0v) is 22.6. The highest BCUT2D eigenvalue weighted by Gasteiger charge is 2.30. The average molecular weight is 587 g/mol. The first-order valence-electron chi connectivity index (χ1n) is 12.2. The number of nitrogens with zero attached hydrogens (tertiary/aromatic N) is 5. The third kappa shape index (κ3) is 5.43. The molecular weight excluding hydrogens is 558 g/mol. The molecular formula is C26H28BrN5O4S. The maximum Gasteiger partial charge on any atom is 0.292 e. The molecule has 0 aromatic heterocycles. The van der Waals surface area contributed by atoms with E-state index >= 15 is 0 Å². The molecule has 2 aliphatic heterocycles. The fourth-order valence-corrected chi connectivity index (χ4v) is 6.59. The van der Waals surface area contributed by atoms with E-state index in [1.807, 2.05) is 24.3 Å². The second kappa shape index (κ2) is 10.7. The van der Waals surface area contributed by atoms with Gasteiger partial charge < -0.3 is 14.7 Å². The normalized spacial score (nSPS) is 17.2. The summed E-state index contributed by atoms with van der Waals surface area (Å²) in [6.45, 7) is 4.62. The van der Waals surface area contributed by atoms with Gasteiger partial charge in [-0.25, -0.2) is 8.42 Å². The molecule has 0 N–H and O–H groups in total. The van der Waals surface area contributed by atoms with Crippen LogP contribution in [0.5, 0.6) is 0 Å². The lowest BCUT2D eigenvalue weighted by atomic mass is 10.1. The van der Waals surface area contributed by atoms with E-state index in [4.69, 9.17) is 0 Å². The van der Waals surface area contributed by atoms with E-state index < -0.39 is 10.0 Å². The van der Waals surface area contributed by atoms with Crippen molar-refractivity contribution < 1.29 is 13.3 Å². The summed E-state index contributed by atoms with van der Waals surface area (Å²) in [5, 5.41) is 11.8. The summed E-state index contributed by atoms with van der Waals surface area (Å²) in [5.41, 5.74) is 2.72. The lowest BCUT2D eigenvalue weighted by molar-refractivity contribution is -0.384. The predicted molar refractivity (Wildman–Crippen MR) is 149 cm³/mol. The molecule has 0 amide bonds. The molecule has 3 aromatic rings. The number of hydrogen-bond acceptors (Lipinski definition) is 7. The van der Waals surface area contributed by atoms with Crippen LogP contribution in [0.2, 0.25) is 0 Å². The maximum atomic E-state index is 13.1. The number of sulfonamides is 1. The topological polar surface area (TPSA) is 90.2 Å². The van der Waals surface area contributed by atoms with E-state index in [9.17, 15) is 18.5 Å². The molecule has 3 aromatic carbocycles. The summed E-state index contributed by atoms with van der Waals surface area (Å²) in [5.74, 6) is 0. The van der Waals surface area contributed by atoms with Crippen molar-refractivity contribution in [3.8, 4) is 0 Å². The number of piperazine rings is 2. The second-order valence-electron chi connectivity index (χ2n) is 9.08. The van der Waals surface area contributed by atoms with Gasteiger partial charge in [0.25, 0.3) is 5.69 Å². The number of hydrogen-bond donors (Lipinski definition) is 0. The number of nitro benzene ring substituents is 1. The van der Waals surface area contributed by atoms with Crippen molar-refractivity contribution in [2.45, 2.75) is 4.90 Å². The summed E-state index contributed by atoms with van der Waals surface area (Å²) in [4.78, 5) is 18.2. The van der Waals surface area contributed by atoms with Gasteiger partial charge >= 0.3 is 0 Å². The number of halogens is 1. The molecule has 2 heterocycles. The van der Waals surface area contributed by atoms with Crippen LogP contribution in [0.1, 0.15) is 0 Å². The van der Waals surface area contributed by atoms with Crippen molar-refractivity contribution in [3.63, 3.8) is 0 Å². The molecule has 2 saturated heterocycles. The molecule has 0 spiro atoms. The number of nitro groups is 1. The van der Waals surface area contributed by atoms with Crippen LogP contribution in [0.4, 0.5) is 22.7 Å². The Bertz CT molecular complexity index is 1360. The minimum Gasteiger partial charge on any atom is -0.369 e. The second-order valence-corrected chi connectivity index (χ2v) is 11.9. The molecule has 0 bridgehead atoms. The Kier molecular flexibility index (Phi) is 7.36. The van der Waals surface area contributed by atoms with E-state index in [2.05, 4.69) is 42.8 Å². The molecule has 0 atom stereocenters. The summed E-state index contributed by atoms with van der Waals surface area (Å²) >= 11 is 3.34. The summed E-state index contributed by atoms with van der Waals surface area (Å²) in [6, 6.07) is 22.0. The highest BCUT2D eigenvalue weighted by molar-refractivity contribution is 9.10. The zero-order valence-electron chi connectivity index (χ0n) is 20.2. The van der Waals surface area contributed by atoms with E-state index in [0.717, 1.165) is 28.9 Å². The molecule has 0 unspecified atom stereocenters. The average Bonchev–Trinajstić information content (AvgIpc) is 2.93. The highest BCUT2D eigenvalue weighted by Crippen LogP contribution is 2.34. The largest absolute Gasteiger partial charge is 0.369 e. The molecule has 11 heteroatoms. The smallest absolute Gasteiger partial charge is 0.292 e. The molecule has 9 nitrogen and oxygen atoms in total. The number of para-hydroxylation sites is 1. The first-order valence-corrected chi connectivity index (χ1v) is 14.4. The van der Waals surface area contributed by atoms with E-state index in [0.29, 0.717) is 45.0 Å². The van der Waals surface area contributed by atoms with Crippen LogP contribution < -0.4 is 14.7 Å². The van der Waals surface area contributed by atoms with Crippen LogP contribution in [-0.2, 0) is 10.0 Å². The van der Waals surface area contributed by atoms with Crippen molar-refractivity contribution in [1.29, 1.82) is 0 Å². The third-order valence-electron chi connectivity index (χ3n) is 6.95. The van der Waals surface area contributed by atoms with Gasteiger partial charge in [-0.15, -0.1) is 0 Å². The van der Waals surface area contributed by atoms with Gasteiger partial charge in [0.1, 0.15) is 5.69 Å². The van der Waals surface area contributed by atoms with Crippen LogP contribution in [0.3, 0.4) is 0 Å². The van der Waals surface area contributed by atoms with E-state index in [1.165, 1.54) is 4.31 Å². The molecule has 0 radical (unpaired) electrons. The molecule has 194 valence electrons. The predicted octanol–water partition coefficient (Wildman–Crippen LogP) is 4.19. The van der Waals surface area contributed by atoms with Crippen molar-refractivity contribution in [2.75, 3.05) is 67.1 Å². The Hall–Kier alpha value is -3.15.